The van der Waals surface area contributed by atoms with E-state index in [0.717, 1.165) is 37.3 Å². The molecule has 0 saturated heterocycles. The minimum atomic E-state index is -0.432. The van der Waals surface area contributed by atoms with Gasteiger partial charge in [0.15, 0.2) is 0 Å². The van der Waals surface area contributed by atoms with Crippen LogP contribution in [0.5, 0.6) is 5.75 Å². The van der Waals surface area contributed by atoms with Crippen LogP contribution in [0.3, 0.4) is 0 Å². The van der Waals surface area contributed by atoms with Gasteiger partial charge in [-0.2, -0.15) is 5.26 Å². The molecule has 156 valence electrons. The van der Waals surface area contributed by atoms with Gasteiger partial charge in [0.2, 0.25) is 0 Å². The van der Waals surface area contributed by atoms with Crippen molar-refractivity contribution in [3.05, 3.63) is 66.2 Å². The molecule has 2 aromatic rings. The highest BCUT2D eigenvalue weighted by Gasteiger charge is 2.14. The smallest absolute Gasteiger partial charge is 0.338 e. The topological polar surface area (TPSA) is 85.6 Å². The van der Waals surface area contributed by atoms with Crippen LogP contribution in [-0.4, -0.2) is 32.3 Å². The van der Waals surface area contributed by atoms with Gasteiger partial charge < -0.3 is 14.2 Å². The summed E-state index contributed by atoms with van der Waals surface area (Å²) >= 11 is 0. The van der Waals surface area contributed by atoms with Gasteiger partial charge in [-0.1, -0.05) is 18.7 Å². The molecule has 0 aliphatic heterocycles. The number of nitrogens with zero attached hydrogens (tertiary/aromatic N) is 1. The van der Waals surface area contributed by atoms with Crippen molar-refractivity contribution in [1.82, 2.24) is 0 Å². The highest BCUT2D eigenvalue weighted by atomic mass is 16.5. The standard InChI is InChI=1S/C24H25NO5/c1-3-23(26)30-15-7-5-4-6-14-29-20-12-13-21(24(27)28-2)22(16-20)19-10-8-18(17-25)9-11-19/h3,8-13,16H,1,4-7,14-15H2,2H3. The maximum Gasteiger partial charge on any atom is 0.338 e. The number of methoxy groups -OCH3 is 1. The summed E-state index contributed by atoms with van der Waals surface area (Å²) in [5, 5.41) is 8.98. The molecule has 0 unspecified atom stereocenters. The van der Waals surface area contributed by atoms with Crippen molar-refractivity contribution in [1.29, 1.82) is 5.26 Å². The molecule has 2 rings (SSSR count). The molecule has 30 heavy (non-hydrogen) atoms. The maximum atomic E-state index is 12.1. The van der Waals surface area contributed by atoms with E-state index < -0.39 is 11.9 Å². The molecule has 0 bridgehead atoms. The predicted octanol–water partition coefficient (Wildman–Crippen LogP) is 4.68. The molecule has 0 aromatic heterocycles. The van der Waals surface area contributed by atoms with Crippen LogP contribution in [-0.2, 0) is 14.3 Å². The van der Waals surface area contributed by atoms with Crippen molar-refractivity contribution in [2.24, 2.45) is 0 Å². The van der Waals surface area contributed by atoms with E-state index >= 15 is 0 Å². The third-order valence-corrected chi connectivity index (χ3v) is 4.44. The van der Waals surface area contributed by atoms with Crippen LogP contribution in [0.1, 0.15) is 41.6 Å². The molecule has 0 fully saturated rings. The molecular weight excluding hydrogens is 382 g/mol. The van der Waals surface area contributed by atoms with Gasteiger partial charge >= 0.3 is 11.9 Å². The van der Waals surface area contributed by atoms with E-state index in [2.05, 4.69) is 12.6 Å². The van der Waals surface area contributed by atoms with E-state index in [1.165, 1.54) is 7.11 Å². The molecule has 0 amide bonds. The molecule has 2 aromatic carbocycles. The van der Waals surface area contributed by atoms with Gasteiger partial charge in [0.1, 0.15) is 5.75 Å². The summed E-state index contributed by atoms with van der Waals surface area (Å²) in [6, 6.07) is 14.3. The minimum absolute atomic E-state index is 0.396. The Morgan fingerprint density at radius 2 is 1.73 bits per heavy atom. The summed E-state index contributed by atoms with van der Waals surface area (Å²) in [5.74, 6) is -0.174. The first kappa shape index (κ1) is 22.7. The Balaban J connectivity index is 1.94. The van der Waals surface area contributed by atoms with Gasteiger partial charge in [-0.3, -0.25) is 0 Å². The average Bonchev–Trinajstić information content (AvgIpc) is 2.80. The fourth-order valence-electron chi connectivity index (χ4n) is 2.84. The zero-order valence-electron chi connectivity index (χ0n) is 17.1. The van der Waals surface area contributed by atoms with Crippen molar-refractivity contribution in [3.63, 3.8) is 0 Å². The molecular formula is C24H25NO5. The largest absolute Gasteiger partial charge is 0.494 e. The third-order valence-electron chi connectivity index (χ3n) is 4.44. The Bertz CT molecular complexity index is 912. The Hall–Kier alpha value is -3.59. The fraction of sp³-hybridized carbons (Fsp3) is 0.292. The number of nitriles is 1. The van der Waals surface area contributed by atoms with Crippen LogP contribution in [0.15, 0.2) is 55.1 Å². The van der Waals surface area contributed by atoms with Crippen LogP contribution in [0.4, 0.5) is 0 Å². The highest BCUT2D eigenvalue weighted by Crippen LogP contribution is 2.29. The van der Waals surface area contributed by atoms with Gasteiger partial charge in [0.05, 0.1) is 37.5 Å². The van der Waals surface area contributed by atoms with E-state index in [1.807, 2.05) is 6.07 Å². The zero-order valence-corrected chi connectivity index (χ0v) is 17.1. The molecule has 0 aliphatic carbocycles. The summed E-state index contributed by atoms with van der Waals surface area (Å²) in [4.78, 5) is 23.1. The average molecular weight is 407 g/mol. The lowest BCUT2D eigenvalue weighted by atomic mass is 9.98. The first-order valence-corrected chi connectivity index (χ1v) is 9.74. The van der Waals surface area contributed by atoms with Gasteiger partial charge in [0, 0.05) is 6.08 Å². The van der Waals surface area contributed by atoms with Gasteiger partial charge in [0.25, 0.3) is 0 Å². The zero-order chi connectivity index (χ0) is 21.8. The van der Waals surface area contributed by atoms with Gasteiger partial charge in [-0.05, 0) is 67.1 Å². The number of benzene rings is 2. The third kappa shape index (κ3) is 6.78. The first-order chi connectivity index (χ1) is 14.6. The predicted molar refractivity (Wildman–Crippen MR) is 113 cm³/mol. The number of rotatable bonds is 11. The number of hydrogen-bond donors (Lipinski definition) is 0. The lowest BCUT2D eigenvalue weighted by Crippen LogP contribution is -2.05. The molecule has 0 aliphatic rings. The Morgan fingerprint density at radius 1 is 1.03 bits per heavy atom. The summed E-state index contributed by atoms with van der Waals surface area (Å²) in [6.07, 6.45) is 4.71. The maximum absolute atomic E-state index is 12.1. The van der Waals surface area contributed by atoms with Crippen molar-refractivity contribution in [2.75, 3.05) is 20.3 Å². The Labute approximate surface area is 176 Å². The van der Waals surface area contributed by atoms with Crippen LogP contribution >= 0.6 is 0 Å². The Morgan fingerprint density at radius 3 is 2.37 bits per heavy atom. The number of carbonyl (C=O) groups excluding carboxylic acids is 2. The Kier molecular flexibility index (Phi) is 9.14. The van der Waals surface area contributed by atoms with E-state index in [9.17, 15) is 9.59 Å². The van der Waals surface area contributed by atoms with Crippen molar-refractivity contribution in [3.8, 4) is 22.9 Å². The van der Waals surface area contributed by atoms with E-state index in [-0.39, 0.29) is 0 Å². The number of carbonyl (C=O) groups is 2. The summed E-state index contributed by atoms with van der Waals surface area (Å²) < 4.78 is 15.7. The molecule has 0 heterocycles. The SMILES string of the molecule is C=CC(=O)OCCCCCCOc1ccc(C(=O)OC)c(-c2ccc(C#N)cc2)c1. The molecule has 0 radical (unpaired) electrons. The van der Waals surface area contributed by atoms with Gasteiger partial charge in [-0.25, -0.2) is 9.59 Å². The highest BCUT2D eigenvalue weighted by molar-refractivity contribution is 5.97. The molecule has 0 saturated carbocycles. The summed E-state index contributed by atoms with van der Waals surface area (Å²) in [7, 11) is 1.34. The molecule has 0 spiro atoms. The monoisotopic (exact) mass is 407 g/mol. The second-order valence-electron chi connectivity index (χ2n) is 6.52. The second-order valence-corrected chi connectivity index (χ2v) is 6.52. The summed E-state index contributed by atoms with van der Waals surface area (Å²) in [6.45, 7) is 4.29. The first-order valence-electron chi connectivity index (χ1n) is 9.74. The number of unbranched alkanes of at least 4 members (excludes halogenated alkanes) is 3. The quantitative estimate of drug-likeness (QED) is 0.305. The van der Waals surface area contributed by atoms with Crippen molar-refractivity contribution in [2.45, 2.75) is 25.7 Å². The number of hydrogen-bond acceptors (Lipinski definition) is 6. The molecule has 0 N–H and O–H groups in total. The second kappa shape index (κ2) is 12.1. The normalized spacial score (nSPS) is 10.0. The molecule has 6 nitrogen and oxygen atoms in total. The lowest BCUT2D eigenvalue weighted by molar-refractivity contribution is -0.137. The molecule has 6 heteroatoms. The van der Waals surface area contributed by atoms with Crippen LogP contribution in [0, 0.1) is 11.3 Å². The van der Waals surface area contributed by atoms with Crippen molar-refractivity contribution >= 4 is 11.9 Å². The number of ether oxygens (including phenoxy) is 3. The van der Waals surface area contributed by atoms with Crippen molar-refractivity contribution < 1.29 is 23.8 Å². The van der Waals surface area contributed by atoms with Crippen LogP contribution in [0.25, 0.3) is 11.1 Å². The van der Waals surface area contributed by atoms with E-state index in [0.29, 0.717) is 35.7 Å². The lowest BCUT2D eigenvalue weighted by Gasteiger charge is -2.12. The van der Waals surface area contributed by atoms with E-state index in [4.69, 9.17) is 19.5 Å². The van der Waals surface area contributed by atoms with Gasteiger partial charge in [-0.15, -0.1) is 0 Å². The van der Waals surface area contributed by atoms with E-state index in [1.54, 1.807) is 36.4 Å². The molecule has 0 atom stereocenters. The summed E-state index contributed by atoms with van der Waals surface area (Å²) in [5.41, 5.74) is 2.47. The van der Waals surface area contributed by atoms with Crippen LogP contribution in [0.2, 0.25) is 0 Å². The minimum Gasteiger partial charge on any atom is -0.494 e. The number of esters is 2. The fourth-order valence-corrected chi connectivity index (χ4v) is 2.84. The van der Waals surface area contributed by atoms with Crippen LogP contribution < -0.4 is 4.74 Å².